The van der Waals surface area contributed by atoms with Crippen molar-refractivity contribution in [2.45, 2.75) is 31.3 Å². The second-order valence-corrected chi connectivity index (χ2v) is 7.77. The highest BCUT2D eigenvalue weighted by Crippen LogP contribution is 2.41. The molecule has 1 N–H and O–H groups in total. The van der Waals surface area contributed by atoms with Gasteiger partial charge in [-0.05, 0) is 53.7 Å². The Morgan fingerprint density at radius 2 is 1.93 bits per heavy atom. The second kappa shape index (κ2) is 7.26. The van der Waals surface area contributed by atoms with Crippen LogP contribution >= 0.6 is 15.9 Å². The predicted molar refractivity (Wildman–Crippen MR) is 103 cm³/mol. The molecule has 0 atom stereocenters. The third-order valence-corrected chi connectivity index (χ3v) is 5.59. The molecule has 1 aliphatic carbocycles. The number of rotatable bonds is 3. The topological polar surface area (TPSA) is 84.4 Å². The number of nitrogens with zero attached hydrogens (tertiary/aromatic N) is 3. The van der Waals surface area contributed by atoms with Crippen LogP contribution < -0.4 is 10.2 Å². The van der Waals surface area contributed by atoms with E-state index >= 15 is 0 Å². The molecular weight excluding hydrogens is 412 g/mol. The lowest BCUT2D eigenvalue weighted by atomic mass is 9.78. The summed E-state index contributed by atoms with van der Waals surface area (Å²) < 4.78 is 6.36. The van der Waals surface area contributed by atoms with Crippen LogP contribution in [-0.4, -0.2) is 34.1 Å². The number of hydrogen-bond donors (Lipinski definition) is 1. The number of anilines is 2. The summed E-state index contributed by atoms with van der Waals surface area (Å²) in [5, 5.41) is 2.81. The minimum Gasteiger partial charge on any atom is -0.441 e. The van der Waals surface area contributed by atoms with E-state index in [1.165, 1.54) is 6.20 Å². The average Bonchev–Trinajstić information content (AvgIpc) is 3.00. The molecule has 8 heteroatoms. The normalized spacial score (nSPS) is 24.7. The van der Waals surface area contributed by atoms with Gasteiger partial charge in [-0.15, -0.1) is 0 Å². The SMILES string of the molecule is O=C1O[C@]2(CC[C@H](C(=O)Nc3cnc(Br)cn3)CC2)CN1c1ccccc1. The zero-order valence-corrected chi connectivity index (χ0v) is 16.2. The van der Waals surface area contributed by atoms with E-state index in [1.54, 1.807) is 11.1 Å². The summed E-state index contributed by atoms with van der Waals surface area (Å²) in [5.74, 6) is 0.252. The molecule has 1 spiro atoms. The maximum Gasteiger partial charge on any atom is 0.415 e. The molecule has 0 radical (unpaired) electrons. The van der Waals surface area contributed by atoms with E-state index in [0.717, 1.165) is 5.69 Å². The van der Waals surface area contributed by atoms with Crippen LogP contribution in [0.15, 0.2) is 47.3 Å². The largest absolute Gasteiger partial charge is 0.441 e. The number of ether oxygens (including phenoxy) is 1. The van der Waals surface area contributed by atoms with Gasteiger partial charge in [0, 0.05) is 11.6 Å². The van der Waals surface area contributed by atoms with Gasteiger partial charge in [0.1, 0.15) is 10.2 Å². The molecule has 7 nitrogen and oxygen atoms in total. The molecule has 140 valence electrons. The van der Waals surface area contributed by atoms with Crippen molar-refractivity contribution in [2.75, 3.05) is 16.8 Å². The molecule has 0 bridgehead atoms. The zero-order chi connectivity index (χ0) is 18.9. The summed E-state index contributed by atoms with van der Waals surface area (Å²) in [6.07, 6.45) is 5.44. The Labute approximate surface area is 165 Å². The van der Waals surface area contributed by atoms with Gasteiger partial charge >= 0.3 is 6.09 Å². The molecule has 2 amide bonds. The van der Waals surface area contributed by atoms with Crippen molar-refractivity contribution in [1.29, 1.82) is 0 Å². The van der Waals surface area contributed by atoms with E-state index in [1.807, 2.05) is 30.3 Å². The van der Waals surface area contributed by atoms with Gasteiger partial charge in [-0.1, -0.05) is 18.2 Å². The molecule has 1 saturated carbocycles. The highest BCUT2D eigenvalue weighted by molar-refractivity contribution is 9.10. The Hall–Kier alpha value is -2.48. The molecule has 2 aromatic rings. The monoisotopic (exact) mass is 430 g/mol. The molecule has 1 saturated heterocycles. The van der Waals surface area contributed by atoms with Crippen LogP contribution in [0.1, 0.15) is 25.7 Å². The van der Waals surface area contributed by atoms with Crippen LogP contribution in [0.3, 0.4) is 0 Å². The molecular formula is C19H19BrN4O3. The lowest BCUT2D eigenvalue weighted by Crippen LogP contribution is -2.41. The summed E-state index contributed by atoms with van der Waals surface area (Å²) in [6.45, 7) is 0.530. The van der Waals surface area contributed by atoms with Gasteiger partial charge < -0.3 is 10.1 Å². The summed E-state index contributed by atoms with van der Waals surface area (Å²) in [6, 6.07) is 9.53. The Morgan fingerprint density at radius 1 is 1.19 bits per heavy atom. The maximum atomic E-state index is 12.5. The van der Waals surface area contributed by atoms with E-state index < -0.39 is 5.60 Å². The summed E-state index contributed by atoms with van der Waals surface area (Å²) in [4.78, 5) is 34.7. The van der Waals surface area contributed by atoms with Crippen molar-refractivity contribution >= 4 is 39.4 Å². The number of nitrogens with one attached hydrogen (secondary N) is 1. The van der Waals surface area contributed by atoms with E-state index in [9.17, 15) is 9.59 Å². The third-order valence-electron chi connectivity index (χ3n) is 5.18. The maximum absolute atomic E-state index is 12.5. The lowest BCUT2D eigenvalue weighted by Gasteiger charge is -2.34. The van der Waals surface area contributed by atoms with Crippen LogP contribution in [0.5, 0.6) is 0 Å². The smallest absolute Gasteiger partial charge is 0.415 e. The fraction of sp³-hybridized carbons (Fsp3) is 0.368. The molecule has 4 rings (SSSR count). The third kappa shape index (κ3) is 3.80. The quantitative estimate of drug-likeness (QED) is 0.800. The number of para-hydroxylation sites is 1. The van der Waals surface area contributed by atoms with Crippen molar-refractivity contribution in [3.63, 3.8) is 0 Å². The fourth-order valence-electron chi connectivity index (χ4n) is 3.70. The van der Waals surface area contributed by atoms with Crippen LogP contribution in [-0.2, 0) is 9.53 Å². The van der Waals surface area contributed by atoms with Crippen molar-refractivity contribution in [1.82, 2.24) is 9.97 Å². The molecule has 0 unspecified atom stereocenters. The van der Waals surface area contributed by atoms with Gasteiger partial charge in [-0.2, -0.15) is 0 Å². The first kappa shape index (κ1) is 17.9. The van der Waals surface area contributed by atoms with Crippen LogP contribution in [0.25, 0.3) is 0 Å². The highest BCUT2D eigenvalue weighted by atomic mass is 79.9. The summed E-state index contributed by atoms with van der Waals surface area (Å²) in [5.41, 5.74) is 0.342. The van der Waals surface area contributed by atoms with Gasteiger partial charge in [0.25, 0.3) is 0 Å². The van der Waals surface area contributed by atoms with Gasteiger partial charge in [0.05, 0.1) is 18.9 Å². The van der Waals surface area contributed by atoms with Crippen molar-refractivity contribution in [3.8, 4) is 0 Å². The van der Waals surface area contributed by atoms with E-state index in [0.29, 0.717) is 42.6 Å². The van der Waals surface area contributed by atoms with Crippen LogP contribution in [0.4, 0.5) is 16.3 Å². The van der Waals surface area contributed by atoms with E-state index in [-0.39, 0.29) is 17.9 Å². The Balaban J connectivity index is 1.36. The molecule has 2 heterocycles. The number of benzene rings is 1. The molecule has 2 fully saturated rings. The standard InChI is InChI=1S/C19H19BrN4O3/c20-15-10-22-16(11-21-15)23-17(25)13-6-8-19(9-7-13)12-24(18(26)27-19)14-4-2-1-3-5-14/h1-5,10-11,13H,6-9,12H2,(H,22,23,25)/t13-,19-. The van der Waals surface area contributed by atoms with E-state index in [2.05, 4.69) is 31.2 Å². The lowest BCUT2D eigenvalue weighted by molar-refractivity contribution is -0.122. The number of halogens is 1. The molecule has 1 aromatic carbocycles. The van der Waals surface area contributed by atoms with Gasteiger partial charge in [-0.3, -0.25) is 9.69 Å². The fourth-order valence-corrected chi connectivity index (χ4v) is 3.91. The summed E-state index contributed by atoms with van der Waals surface area (Å²) >= 11 is 3.22. The predicted octanol–water partition coefficient (Wildman–Crippen LogP) is 3.76. The molecule has 1 aromatic heterocycles. The minimum absolute atomic E-state index is 0.0642. The Bertz CT molecular complexity index is 836. The molecule has 1 aliphatic heterocycles. The first-order chi connectivity index (χ1) is 13.0. The van der Waals surface area contributed by atoms with Gasteiger partial charge in [-0.25, -0.2) is 14.8 Å². The van der Waals surface area contributed by atoms with Crippen molar-refractivity contribution in [2.24, 2.45) is 5.92 Å². The van der Waals surface area contributed by atoms with Gasteiger partial charge in [0.15, 0.2) is 5.82 Å². The van der Waals surface area contributed by atoms with Crippen molar-refractivity contribution < 1.29 is 14.3 Å². The Kier molecular flexibility index (Phi) is 4.82. The Morgan fingerprint density at radius 3 is 2.59 bits per heavy atom. The number of aromatic nitrogens is 2. The minimum atomic E-state index is -0.499. The summed E-state index contributed by atoms with van der Waals surface area (Å²) in [7, 11) is 0. The zero-order valence-electron chi connectivity index (χ0n) is 14.6. The van der Waals surface area contributed by atoms with Gasteiger partial charge in [0.2, 0.25) is 5.91 Å². The number of hydrogen-bond acceptors (Lipinski definition) is 5. The van der Waals surface area contributed by atoms with E-state index in [4.69, 9.17) is 4.74 Å². The first-order valence-electron chi connectivity index (χ1n) is 8.89. The number of carbonyl (C=O) groups is 2. The first-order valence-corrected chi connectivity index (χ1v) is 9.68. The highest BCUT2D eigenvalue weighted by Gasteiger charge is 2.48. The van der Waals surface area contributed by atoms with Crippen LogP contribution in [0, 0.1) is 5.92 Å². The molecule has 2 aliphatic rings. The van der Waals surface area contributed by atoms with Crippen molar-refractivity contribution in [3.05, 3.63) is 47.3 Å². The molecule has 27 heavy (non-hydrogen) atoms. The number of carbonyl (C=O) groups excluding carboxylic acids is 2. The second-order valence-electron chi connectivity index (χ2n) is 6.96. The average molecular weight is 431 g/mol. The van der Waals surface area contributed by atoms with Crippen LogP contribution in [0.2, 0.25) is 0 Å². The number of amides is 2.